The van der Waals surface area contributed by atoms with Crippen LogP contribution >= 0.6 is 11.6 Å². The standard InChI is InChI=1S/C10H13ClN4O2/c1-3-17-10(16)6-7(2)12-14-9-5-4-8(11)13-15-9/h4-5H,3,6H2,1-2H3,(H,14,15). The van der Waals surface area contributed by atoms with Gasteiger partial charge in [0.1, 0.15) is 0 Å². The van der Waals surface area contributed by atoms with Gasteiger partial charge in [-0.3, -0.25) is 10.2 Å². The Morgan fingerprint density at radius 3 is 2.88 bits per heavy atom. The Balaban J connectivity index is 2.47. The molecular weight excluding hydrogens is 244 g/mol. The van der Waals surface area contributed by atoms with E-state index in [1.54, 1.807) is 26.0 Å². The molecule has 6 nitrogen and oxygen atoms in total. The van der Waals surface area contributed by atoms with Crippen LogP contribution in [0, 0.1) is 0 Å². The van der Waals surface area contributed by atoms with Gasteiger partial charge in [0.05, 0.1) is 13.0 Å². The molecule has 0 amide bonds. The zero-order chi connectivity index (χ0) is 12.7. The predicted molar refractivity (Wildman–Crippen MR) is 65.0 cm³/mol. The minimum absolute atomic E-state index is 0.141. The minimum atomic E-state index is -0.308. The maximum Gasteiger partial charge on any atom is 0.311 e. The van der Waals surface area contributed by atoms with E-state index in [0.717, 1.165) is 0 Å². The Morgan fingerprint density at radius 1 is 1.53 bits per heavy atom. The Kier molecular flexibility index (Phi) is 5.35. The highest BCUT2D eigenvalue weighted by Gasteiger charge is 2.03. The summed E-state index contributed by atoms with van der Waals surface area (Å²) in [4.78, 5) is 11.1. The number of hydrogen-bond donors (Lipinski definition) is 1. The Labute approximate surface area is 104 Å². The number of hydrogen-bond acceptors (Lipinski definition) is 6. The van der Waals surface area contributed by atoms with Crippen LogP contribution in [0.5, 0.6) is 0 Å². The van der Waals surface area contributed by atoms with Gasteiger partial charge in [-0.1, -0.05) is 11.6 Å². The van der Waals surface area contributed by atoms with Crippen molar-refractivity contribution in [3.63, 3.8) is 0 Å². The van der Waals surface area contributed by atoms with Crippen LogP contribution in [0.4, 0.5) is 5.82 Å². The highest BCUT2D eigenvalue weighted by Crippen LogP contribution is 2.06. The van der Waals surface area contributed by atoms with Gasteiger partial charge < -0.3 is 4.74 Å². The zero-order valence-electron chi connectivity index (χ0n) is 9.61. The molecule has 0 fully saturated rings. The molecule has 1 rings (SSSR count). The van der Waals surface area contributed by atoms with Gasteiger partial charge in [-0.25, -0.2) is 0 Å². The molecule has 0 aliphatic carbocycles. The lowest BCUT2D eigenvalue weighted by Gasteiger charge is -2.02. The van der Waals surface area contributed by atoms with Gasteiger partial charge in [-0.05, 0) is 26.0 Å². The molecule has 1 N–H and O–H groups in total. The van der Waals surface area contributed by atoms with Crippen LogP contribution in [0.2, 0.25) is 5.15 Å². The van der Waals surface area contributed by atoms with Gasteiger partial charge in [0.25, 0.3) is 0 Å². The van der Waals surface area contributed by atoms with E-state index >= 15 is 0 Å². The lowest BCUT2D eigenvalue weighted by atomic mass is 10.3. The van der Waals surface area contributed by atoms with Crippen LogP contribution in [-0.4, -0.2) is 28.5 Å². The number of esters is 1. The van der Waals surface area contributed by atoms with E-state index in [4.69, 9.17) is 16.3 Å². The lowest BCUT2D eigenvalue weighted by Crippen LogP contribution is -2.10. The Morgan fingerprint density at radius 2 is 2.29 bits per heavy atom. The molecule has 0 aromatic carbocycles. The van der Waals surface area contributed by atoms with Gasteiger partial charge >= 0.3 is 5.97 Å². The van der Waals surface area contributed by atoms with Crippen LogP contribution in [0.15, 0.2) is 17.2 Å². The second-order valence-electron chi connectivity index (χ2n) is 3.18. The third-order valence-corrected chi connectivity index (χ3v) is 1.90. The average Bonchev–Trinajstić information content (AvgIpc) is 2.28. The molecule has 0 radical (unpaired) electrons. The third kappa shape index (κ3) is 5.26. The number of nitrogens with zero attached hydrogens (tertiary/aromatic N) is 3. The van der Waals surface area contributed by atoms with Gasteiger partial charge in [0, 0.05) is 5.71 Å². The lowest BCUT2D eigenvalue weighted by molar-refractivity contribution is -0.141. The molecule has 17 heavy (non-hydrogen) atoms. The molecule has 1 aromatic rings. The fourth-order valence-electron chi connectivity index (χ4n) is 0.989. The maximum absolute atomic E-state index is 11.1. The van der Waals surface area contributed by atoms with Gasteiger partial charge in [0.15, 0.2) is 11.0 Å². The summed E-state index contributed by atoms with van der Waals surface area (Å²) in [6.45, 7) is 3.83. The van der Waals surface area contributed by atoms with Crippen molar-refractivity contribution in [1.29, 1.82) is 0 Å². The number of nitrogens with one attached hydrogen (secondary N) is 1. The summed E-state index contributed by atoms with van der Waals surface area (Å²) in [5, 5.41) is 11.7. The summed E-state index contributed by atoms with van der Waals surface area (Å²) in [7, 11) is 0. The molecule has 0 aliphatic heterocycles. The first-order valence-electron chi connectivity index (χ1n) is 5.06. The summed E-state index contributed by atoms with van der Waals surface area (Å²) in [6.07, 6.45) is 0.141. The topological polar surface area (TPSA) is 76.5 Å². The first-order chi connectivity index (χ1) is 8.11. The first-order valence-corrected chi connectivity index (χ1v) is 5.43. The summed E-state index contributed by atoms with van der Waals surface area (Å²) in [6, 6.07) is 3.23. The number of halogens is 1. The summed E-state index contributed by atoms with van der Waals surface area (Å²) < 4.78 is 4.79. The normalized spacial score (nSPS) is 11.1. The molecule has 0 spiro atoms. The molecule has 1 heterocycles. The number of carbonyl (C=O) groups is 1. The molecule has 0 saturated heterocycles. The highest BCUT2D eigenvalue weighted by molar-refractivity contribution is 6.29. The van der Waals surface area contributed by atoms with Crippen LogP contribution in [-0.2, 0) is 9.53 Å². The minimum Gasteiger partial charge on any atom is -0.466 e. The monoisotopic (exact) mass is 256 g/mol. The molecule has 92 valence electrons. The molecule has 0 aliphatic rings. The van der Waals surface area contributed by atoms with E-state index in [1.807, 2.05) is 0 Å². The fraction of sp³-hybridized carbons (Fsp3) is 0.400. The molecule has 7 heteroatoms. The van der Waals surface area contributed by atoms with Gasteiger partial charge in [0.2, 0.25) is 0 Å². The number of ether oxygens (including phenoxy) is 1. The number of hydrazone groups is 1. The Hall–Kier alpha value is -1.69. The number of rotatable bonds is 5. The van der Waals surface area contributed by atoms with Gasteiger partial charge in [-0.2, -0.15) is 5.10 Å². The van der Waals surface area contributed by atoms with Crippen molar-refractivity contribution in [3.8, 4) is 0 Å². The van der Waals surface area contributed by atoms with Crippen molar-refractivity contribution in [2.75, 3.05) is 12.0 Å². The van der Waals surface area contributed by atoms with E-state index in [2.05, 4.69) is 20.7 Å². The summed E-state index contributed by atoms with van der Waals surface area (Å²) in [5.41, 5.74) is 3.26. The SMILES string of the molecule is CCOC(=O)CC(C)=NNc1ccc(Cl)nn1. The Bertz CT molecular complexity index is 405. The van der Waals surface area contributed by atoms with E-state index in [-0.39, 0.29) is 12.4 Å². The number of anilines is 1. The molecule has 0 unspecified atom stereocenters. The zero-order valence-corrected chi connectivity index (χ0v) is 10.4. The number of aromatic nitrogens is 2. The van der Waals surface area contributed by atoms with Crippen LogP contribution in [0.25, 0.3) is 0 Å². The van der Waals surface area contributed by atoms with Crippen LogP contribution < -0.4 is 5.43 Å². The van der Waals surface area contributed by atoms with Crippen LogP contribution in [0.3, 0.4) is 0 Å². The van der Waals surface area contributed by atoms with E-state index in [0.29, 0.717) is 23.3 Å². The van der Waals surface area contributed by atoms with E-state index in [1.165, 1.54) is 0 Å². The molecular formula is C10H13ClN4O2. The third-order valence-electron chi connectivity index (χ3n) is 1.70. The predicted octanol–water partition coefficient (Wildman–Crippen LogP) is 1.87. The molecule has 0 saturated carbocycles. The quantitative estimate of drug-likeness (QED) is 0.494. The van der Waals surface area contributed by atoms with Crippen molar-refractivity contribution in [1.82, 2.24) is 10.2 Å². The maximum atomic E-state index is 11.1. The van der Waals surface area contributed by atoms with Crippen molar-refractivity contribution in [2.45, 2.75) is 20.3 Å². The van der Waals surface area contributed by atoms with Crippen molar-refractivity contribution >= 4 is 29.1 Å². The number of carbonyl (C=O) groups excluding carboxylic acids is 1. The van der Waals surface area contributed by atoms with Crippen molar-refractivity contribution in [3.05, 3.63) is 17.3 Å². The second-order valence-corrected chi connectivity index (χ2v) is 3.57. The van der Waals surface area contributed by atoms with Crippen molar-refractivity contribution in [2.24, 2.45) is 5.10 Å². The van der Waals surface area contributed by atoms with E-state index in [9.17, 15) is 4.79 Å². The van der Waals surface area contributed by atoms with Crippen molar-refractivity contribution < 1.29 is 9.53 Å². The largest absolute Gasteiger partial charge is 0.466 e. The first kappa shape index (κ1) is 13.4. The molecule has 0 atom stereocenters. The smallest absolute Gasteiger partial charge is 0.311 e. The average molecular weight is 257 g/mol. The van der Waals surface area contributed by atoms with Gasteiger partial charge in [-0.15, -0.1) is 10.2 Å². The summed E-state index contributed by atoms with van der Waals surface area (Å²) >= 11 is 5.58. The van der Waals surface area contributed by atoms with E-state index < -0.39 is 0 Å². The second kappa shape index (κ2) is 6.80. The summed E-state index contributed by atoms with van der Waals surface area (Å²) in [5.74, 6) is 0.148. The molecule has 1 aromatic heterocycles. The fourth-order valence-corrected chi connectivity index (χ4v) is 1.09. The molecule has 0 bridgehead atoms. The van der Waals surface area contributed by atoms with Crippen LogP contribution in [0.1, 0.15) is 20.3 Å². The highest BCUT2D eigenvalue weighted by atomic mass is 35.5.